The summed E-state index contributed by atoms with van der Waals surface area (Å²) in [5.41, 5.74) is 1.28. The first-order valence-electron chi connectivity index (χ1n) is 12.6. The Kier molecular flexibility index (Phi) is 9.03. The predicted molar refractivity (Wildman–Crippen MR) is 144 cm³/mol. The van der Waals surface area contributed by atoms with E-state index in [1.165, 1.54) is 0 Å². The van der Waals surface area contributed by atoms with Gasteiger partial charge in [0.1, 0.15) is 17.7 Å². The van der Waals surface area contributed by atoms with Crippen LogP contribution in [0.1, 0.15) is 31.9 Å². The van der Waals surface area contributed by atoms with Crippen LogP contribution in [0.4, 0.5) is 10.7 Å². The second kappa shape index (κ2) is 12.6. The molecule has 1 fully saturated rings. The Hall–Kier alpha value is -3.83. The number of piperazine rings is 1. The maximum Gasteiger partial charge on any atom is 0.410 e. The van der Waals surface area contributed by atoms with Crippen LogP contribution in [0.15, 0.2) is 49.4 Å². The van der Waals surface area contributed by atoms with Crippen molar-refractivity contribution < 1.29 is 19.0 Å². The Bertz CT molecular complexity index is 1180. The molecule has 202 valence electrons. The summed E-state index contributed by atoms with van der Waals surface area (Å²) in [7, 11) is 1.64. The number of hydrogen-bond donors (Lipinski definition) is 0. The molecule has 1 aliphatic rings. The number of carbonyl (C=O) groups excluding carboxylic acids is 1. The molecule has 0 N–H and O–H groups in total. The van der Waals surface area contributed by atoms with Crippen LogP contribution >= 0.6 is 0 Å². The first-order chi connectivity index (χ1) is 18.3. The molecule has 11 nitrogen and oxygen atoms in total. The molecule has 1 saturated heterocycles. The van der Waals surface area contributed by atoms with Gasteiger partial charge in [-0.1, -0.05) is 12.2 Å². The molecule has 1 amide bonds. The highest BCUT2D eigenvalue weighted by Crippen LogP contribution is 2.20. The molecule has 3 aromatic heterocycles. The van der Waals surface area contributed by atoms with Gasteiger partial charge in [-0.2, -0.15) is 0 Å². The van der Waals surface area contributed by atoms with Gasteiger partial charge < -0.3 is 24.0 Å². The van der Waals surface area contributed by atoms with Crippen LogP contribution in [0.25, 0.3) is 18.0 Å². The van der Waals surface area contributed by atoms with Crippen molar-refractivity contribution >= 4 is 24.2 Å². The molecule has 1 atom stereocenters. The van der Waals surface area contributed by atoms with Crippen molar-refractivity contribution in [1.82, 2.24) is 29.4 Å². The molecular weight excluding hydrogens is 486 g/mol. The third kappa shape index (κ3) is 7.59. The Morgan fingerprint density at radius 1 is 1.05 bits per heavy atom. The van der Waals surface area contributed by atoms with E-state index in [0.29, 0.717) is 45.4 Å². The fourth-order valence-electron chi connectivity index (χ4n) is 3.92. The van der Waals surface area contributed by atoms with Gasteiger partial charge in [0.25, 0.3) is 0 Å². The number of methoxy groups -OCH3 is 1. The number of rotatable bonds is 9. The molecule has 3 aromatic rings. The summed E-state index contributed by atoms with van der Waals surface area (Å²) in [6.07, 6.45) is 14.3. The van der Waals surface area contributed by atoms with Gasteiger partial charge in [-0.05, 0) is 38.5 Å². The van der Waals surface area contributed by atoms with E-state index in [1.54, 1.807) is 43.1 Å². The Morgan fingerprint density at radius 3 is 2.47 bits per heavy atom. The maximum absolute atomic E-state index is 12.7. The summed E-state index contributed by atoms with van der Waals surface area (Å²) >= 11 is 0. The lowest BCUT2D eigenvalue weighted by molar-refractivity contribution is 0.0140. The Labute approximate surface area is 223 Å². The Balaban J connectivity index is 1.40. The smallest absolute Gasteiger partial charge is 0.410 e. The molecule has 11 heteroatoms. The predicted octanol–water partition coefficient (Wildman–Crippen LogP) is 3.32. The van der Waals surface area contributed by atoms with E-state index in [1.807, 2.05) is 55.8 Å². The highest BCUT2D eigenvalue weighted by molar-refractivity contribution is 5.69. The summed E-state index contributed by atoms with van der Waals surface area (Å²) in [5.74, 6) is 1.40. The molecule has 38 heavy (non-hydrogen) atoms. The van der Waals surface area contributed by atoms with Crippen molar-refractivity contribution in [2.75, 3.05) is 51.5 Å². The van der Waals surface area contributed by atoms with Crippen LogP contribution in [0.2, 0.25) is 0 Å². The van der Waals surface area contributed by atoms with E-state index in [4.69, 9.17) is 14.2 Å². The minimum Gasteiger partial charge on any atom is -0.444 e. The average Bonchev–Trinajstić information content (AvgIpc) is 3.45. The molecule has 0 bridgehead atoms. The molecule has 4 heterocycles. The zero-order chi connectivity index (χ0) is 27.0. The van der Waals surface area contributed by atoms with Crippen molar-refractivity contribution in [1.29, 1.82) is 0 Å². The molecule has 0 unspecified atom stereocenters. The number of hydrogen-bond acceptors (Lipinski definition) is 9. The minimum absolute atomic E-state index is 0.116. The number of amides is 1. The number of ether oxygens (including phenoxy) is 3. The lowest BCUT2D eigenvalue weighted by Gasteiger charge is -2.41. The number of anilines is 1. The van der Waals surface area contributed by atoms with Crippen molar-refractivity contribution in [3.63, 3.8) is 0 Å². The highest BCUT2D eigenvalue weighted by Gasteiger charge is 2.33. The van der Waals surface area contributed by atoms with Gasteiger partial charge in [-0.25, -0.2) is 24.7 Å². The monoisotopic (exact) mass is 521 g/mol. The first kappa shape index (κ1) is 27.2. The van der Waals surface area contributed by atoms with E-state index in [-0.39, 0.29) is 12.1 Å². The summed E-state index contributed by atoms with van der Waals surface area (Å²) in [6.45, 7) is 8.51. The van der Waals surface area contributed by atoms with E-state index in [0.717, 1.165) is 16.9 Å². The van der Waals surface area contributed by atoms with Crippen molar-refractivity contribution in [3.05, 3.63) is 60.6 Å². The lowest BCUT2D eigenvalue weighted by Crippen LogP contribution is -2.57. The van der Waals surface area contributed by atoms with Gasteiger partial charge in [-0.15, -0.1) is 0 Å². The highest BCUT2D eigenvalue weighted by atomic mass is 16.6. The van der Waals surface area contributed by atoms with E-state index in [2.05, 4.69) is 24.8 Å². The summed E-state index contributed by atoms with van der Waals surface area (Å²) < 4.78 is 18.3. The quantitative estimate of drug-likeness (QED) is 0.392. The number of pyridine rings is 1. The van der Waals surface area contributed by atoms with Gasteiger partial charge in [0.2, 0.25) is 5.95 Å². The molecule has 0 aliphatic carbocycles. The van der Waals surface area contributed by atoms with Crippen molar-refractivity contribution in [2.45, 2.75) is 32.4 Å². The molecule has 0 spiro atoms. The van der Waals surface area contributed by atoms with Gasteiger partial charge >= 0.3 is 6.09 Å². The van der Waals surface area contributed by atoms with Crippen LogP contribution < -0.4 is 4.90 Å². The van der Waals surface area contributed by atoms with Crippen LogP contribution in [0.3, 0.4) is 0 Å². The molecule has 0 radical (unpaired) electrons. The number of imidazole rings is 1. The number of carbonyl (C=O) groups is 1. The molecule has 1 aliphatic heterocycles. The topological polar surface area (TPSA) is 108 Å². The van der Waals surface area contributed by atoms with Gasteiger partial charge in [0.05, 0.1) is 25.9 Å². The van der Waals surface area contributed by atoms with Crippen LogP contribution in [-0.4, -0.2) is 93.7 Å². The molecule has 0 aromatic carbocycles. The summed E-state index contributed by atoms with van der Waals surface area (Å²) in [6, 6.07) is 3.81. The van der Waals surface area contributed by atoms with E-state index in [9.17, 15) is 4.79 Å². The number of aromatic nitrogens is 5. The van der Waals surface area contributed by atoms with Crippen LogP contribution in [0.5, 0.6) is 0 Å². The third-order valence-corrected chi connectivity index (χ3v) is 5.80. The van der Waals surface area contributed by atoms with Crippen molar-refractivity contribution in [2.24, 2.45) is 0 Å². The zero-order valence-corrected chi connectivity index (χ0v) is 22.4. The average molecular weight is 522 g/mol. The Morgan fingerprint density at radius 2 is 1.82 bits per heavy atom. The van der Waals surface area contributed by atoms with Gasteiger partial charge in [-0.3, -0.25) is 4.57 Å². The fraction of sp³-hybridized carbons (Fsp3) is 0.444. The van der Waals surface area contributed by atoms with E-state index < -0.39 is 5.60 Å². The SMILES string of the molecule is COCCOC[C@H]1CN(C(=O)OC(C)(C)C)CCN1c1ncc(/C=C/c2ccc(-n3ccnc3)nc2)cn1. The van der Waals surface area contributed by atoms with Crippen LogP contribution in [0, 0.1) is 0 Å². The minimum atomic E-state index is -0.552. The first-order valence-corrected chi connectivity index (χ1v) is 12.6. The van der Waals surface area contributed by atoms with Gasteiger partial charge in [0.15, 0.2) is 0 Å². The normalized spacial score (nSPS) is 16.3. The largest absolute Gasteiger partial charge is 0.444 e. The standard InChI is InChI=1S/C27H35N7O4/c1-27(2,3)38-26(35)32-11-12-34(23(18-32)19-37-14-13-36-4)25-30-16-22(17-31-25)6-5-21-7-8-24(29-15-21)33-10-9-28-20-33/h5-10,15-17,20,23H,11-14,18-19H2,1-4H3/b6-5+/t23-/m1/s1. The lowest BCUT2D eigenvalue weighted by atomic mass is 10.2. The maximum atomic E-state index is 12.7. The summed E-state index contributed by atoms with van der Waals surface area (Å²) in [5, 5.41) is 0. The number of nitrogens with zero attached hydrogens (tertiary/aromatic N) is 7. The van der Waals surface area contributed by atoms with E-state index >= 15 is 0 Å². The summed E-state index contributed by atoms with van der Waals surface area (Å²) in [4.78, 5) is 34.2. The van der Waals surface area contributed by atoms with Gasteiger partial charge in [0, 0.05) is 63.3 Å². The van der Waals surface area contributed by atoms with Crippen molar-refractivity contribution in [3.8, 4) is 5.82 Å². The fourth-order valence-corrected chi connectivity index (χ4v) is 3.92. The molecule has 0 saturated carbocycles. The second-order valence-electron chi connectivity index (χ2n) is 9.91. The van der Waals surface area contributed by atoms with Crippen LogP contribution in [-0.2, 0) is 14.2 Å². The second-order valence-corrected chi connectivity index (χ2v) is 9.91. The molecular formula is C27H35N7O4. The third-order valence-electron chi connectivity index (χ3n) is 5.80. The zero-order valence-electron chi connectivity index (χ0n) is 22.4. The molecule has 4 rings (SSSR count).